The number of ether oxygens (including phenoxy) is 1. The average molecular weight is 361 g/mol. The van der Waals surface area contributed by atoms with Crippen LogP contribution in [0.2, 0.25) is 0 Å². The van der Waals surface area contributed by atoms with E-state index < -0.39 is 0 Å². The minimum Gasteiger partial charge on any atom is -0.495 e. The van der Waals surface area contributed by atoms with E-state index in [1.807, 2.05) is 26.0 Å². The Morgan fingerprint density at radius 2 is 2.12 bits per heavy atom. The fourth-order valence-electron chi connectivity index (χ4n) is 2.34. The highest BCUT2D eigenvalue weighted by Gasteiger charge is 2.20. The van der Waals surface area contributed by atoms with Crippen molar-refractivity contribution in [1.29, 1.82) is 0 Å². The fraction of sp³-hybridized carbons (Fsp3) is 0.389. The van der Waals surface area contributed by atoms with Gasteiger partial charge in [0.25, 0.3) is 5.56 Å². The topological polar surface area (TPSA) is 84.1 Å². The van der Waals surface area contributed by atoms with Crippen molar-refractivity contribution in [1.82, 2.24) is 9.97 Å². The van der Waals surface area contributed by atoms with Crippen LogP contribution in [0.4, 0.5) is 5.69 Å². The molecule has 2 aromatic rings. The van der Waals surface area contributed by atoms with Crippen LogP contribution in [0.1, 0.15) is 32.4 Å². The standard InChI is InChI=1S/C18H23N3O3S/c1-4-8-12-11-16(22)21-18(19-12)25-15(5-2)17(23)20-13-9-6-7-10-14(13)24-3/h6-7,9-11,15H,4-5,8H2,1-3H3,(H,20,23)(H,19,21,22). The monoisotopic (exact) mass is 361 g/mol. The number of methoxy groups -OCH3 is 1. The molecule has 1 heterocycles. The van der Waals surface area contributed by atoms with Gasteiger partial charge in [0.2, 0.25) is 5.91 Å². The zero-order valence-corrected chi connectivity index (χ0v) is 15.5. The zero-order chi connectivity index (χ0) is 18.2. The summed E-state index contributed by atoms with van der Waals surface area (Å²) in [6.07, 6.45) is 2.25. The normalized spacial score (nSPS) is 11.8. The van der Waals surface area contributed by atoms with Crippen LogP contribution in [0.25, 0.3) is 0 Å². The van der Waals surface area contributed by atoms with Crippen LogP contribution in [0.15, 0.2) is 40.3 Å². The Morgan fingerprint density at radius 3 is 2.80 bits per heavy atom. The van der Waals surface area contributed by atoms with E-state index in [0.717, 1.165) is 18.5 Å². The van der Waals surface area contributed by atoms with Gasteiger partial charge in [-0.3, -0.25) is 9.59 Å². The number of anilines is 1. The van der Waals surface area contributed by atoms with Gasteiger partial charge in [-0.05, 0) is 25.0 Å². The number of thioether (sulfide) groups is 1. The van der Waals surface area contributed by atoms with Crippen LogP contribution in [-0.2, 0) is 11.2 Å². The summed E-state index contributed by atoms with van der Waals surface area (Å²) < 4.78 is 5.25. The zero-order valence-electron chi connectivity index (χ0n) is 14.7. The van der Waals surface area contributed by atoms with Crippen LogP contribution < -0.4 is 15.6 Å². The predicted molar refractivity (Wildman–Crippen MR) is 100 cm³/mol. The number of rotatable bonds is 8. The molecule has 1 amide bonds. The van der Waals surface area contributed by atoms with Crippen LogP contribution in [0, 0.1) is 0 Å². The summed E-state index contributed by atoms with van der Waals surface area (Å²) >= 11 is 1.26. The molecule has 1 unspecified atom stereocenters. The number of amides is 1. The van der Waals surface area contributed by atoms with Gasteiger partial charge in [-0.1, -0.05) is 44.2 Å². The smallest absolute Gasteiger partial charge is 0.251 e. The number of nitrogens with zero attached hydrogens (tertiary/aromatic N) is 1. The molecule has 0 bridgehead atoms. The molecule has 0 aliphatic carbocycles. The van der Waals surface area contributed by atoms with Gasteiger partial charge < -0.3 is 15.0 Å². The van der Waals surface area contributed by atoms with Crippen molar-refractivity contribution in [3.8, 4) is 5.75 Å². The molecule has 2 N–H and O–H groups in total. The van der Waals surface area contributed by atoms with Gasteiger partial charge in [0.15, 0.2) is 5.16 Å². The minimum absolute atomic E-state index is 0.152. The Morgan fingerprint density at radius 1 is 1.36 bits per heavy atom. The third-order valence-electron chi connectivity index (χ3n) is 3.56. The number of carbonyl (C=O) groups excluding carboxylic acids is 1. The summed E-state index contributed by atoms with van der Waals surface area (Å²) in [5.74, 6) is 0.452. The van der Waals surface area contributed by atoms with Gasteiger partial charge in [0.05, 0.1) is 18.0 Å². The number of aromatic nitrogens is 2. The number of nitrogens with one attached hydrogen (secondary N) is 2. The number of carbonyl (C=O) groups is 1. The highest BCUT2D eigenvalue weighted by molar-refractivity contribution is 8.00. The average Bonchev–Trinajstić information content (AvgIpc) is 2.60. The van der Waals surface area contributed by atoms with Gasteiger partial charge >= 0.3 is 0 Å². The van der Waals surface area contributed by atoms with Gasteiger partial charge in [-0.2, -0.15) is 0 Å². The van der Waals surface area contributed by atoms with E-state index in [0.29, 0.717) is 23.0 Å². The van der Waals surface area contributed by atoms with E-state index in [2.05, 4.69) is 15.3 Å². The van der Waals surface area contributed by atoms with Crippen molar-refractivity contribution in [2.24, 2.45) is 0 Å². The van der Waals surface area contributed by atoms with Gasteiger partial charge in [0, 0.05) is 11.8 Å². The second-order valence-electron chi connectivity index (χ2n) is 5.50. The number of benzene rings is 1. The highest BCUT2D eigenvalue weighted by atomic mass is 32.2. The second kappa shape index (κ2) is 9.27. The summed E-state index contributed by atoms with van der Waals surface area (Å²) in [5, 5.41) is 2.98. The molecule has 0 aliphatic rings. The predicted octanol–water partition coefficient (Wildman–Crippen LogP) is 3.24. The Labute approximate surface area is 151 Å². The molecular weight excluding hydrogens is 338 g/mol. The van der Waals surface area contributed by atoms with Crippen LogP contribution in [-0.4, -0.2) is 28.2 Å². The molecule has 0 spiro atoms. The maximum atomic E-state index is 12.6. The number of hydrogen-bond donors (Lipinski definition) is 2. The summed E-state index contributed by atoms with van der Waals surface area (Å²) in [6.45, 7) is 3.96. The van der Waals surface area contributed by atoms with Crippen molar-refractivity contribution in [2.45, 2.75) is 43.5 Å². The summed E-state index contributed by atoms with van der Waals surface area (Å²) in [5.41, 5.74) is 1.17. The first-order valence-corrected chi connectivity index (χ1v) is 9.16. The number of aromatic amines is 1. The maximum absolute atomic E-state index is 12.6. The molecule has 25 heavy (non-hydrogen) atoms. The second-order valence-corrected chi connectivity index (χ2v) is 6.69. The first-order valence-electron chi connectivity index (χ1n) is 8.28. The van der Waals surface area contributed by atoms with Crippen LogP contribution in [0.5, 0.6) is 5.75 Å². The van der Waals surface area contributed by atoms with Gasteiger partial charge in [0.1, 0.15) is 5.75 Å². The first-order chi connectivity index (χ1) is 12.1. The lowest BCUT2D eigenvalue weighted by atomic mass is 10.2. The van der Waals surface area contributed by atoms with E-state index >= 15 is 0 Å². The van der Waals surface area contributed by atoms with Crippen molar-refractivity contribution in [3.05, 3.63) is 46.4 Å². The molecule has 6 nitrogen and oxygen atoms in total. The number of aryl methyl sites for hydroxylation is 1. The summed E-state index contributed by atoms with van der Waals surface area (Å²) in [6, 6.07) is 8.75. The number of para-hydroxylation sites is 2. The number of H-pyrrole nitrogens is 1. The van der Waals surface area contributed by atoms with E-state index in [4.69, 9.17) is 4.74 Å². The maximum Gasteiger partial charge on any atom is 0.251 e. The SMILES string of the molecule is CCCc1cc(=O)[nH]c(SC(CC)C(=O)Nc2ccccc2OC)n1. The van der Waals surface area contributed by atoms with Gasteiger partial charge in [-0.15, -0.1) is 0 Å². The van der Waals surface area contributed by atoms with E-state index in [9.17, 15) is 9.59 Å². The quantitative estimate of drug-likeness (QED) is 0.557. The molecule has 0 aliphatic heterocycles. The number of hydrogen-bond acceptors (Lipinski definition) is 5. The fourth-order valence-corrected chi connectivity index (χ4v) is 3.27. The Bertz CT molecular complexity index is 776. The molecule has 2 rings (SSSR count). The first kappa shape index (κ1) is 19.1. The molecule has 134 valence electrons. The van der Waals surface area contributed by atoms with Crippen molar-refractivity contribution in [3.63, 3.8) is 0 Å². The van der Waals surface area contributed by atoms with E-state index in [1.54, 1.807) is 19.2 Å². The summed E-state index contributed by atoms with van der Waals surface area (Å²) in [4.78, 5) is 31.5. The third-order valence-corrected chi connectivity index (χ3v) is 4.81. The molecule has 1 atom stereocenters. The third kappa shape index (κ3) is 5.35. The molecule has 7 heteroatoms. The Kier molecular flexibility index (Phi) is 7.06. The molecular formula is C18H23N3O3S. The Balaban J connectivity index is 2.14. The lowest BCUT2D eigenvalue weighted by molar-refractivity contribution is -0.115. The van der Waals surface area contributed by atoms with Crippen LogP contribution in [0.3, 0.4) is 0 Å². The lowest BCUT2D eigenvalue weighted by Gasteiger charge is -2.16. The highest BCUT2D eigenvalue weighted by Crippen LogP contribution is 2.27. The Hall–Kier alpha value is -2.28. The molecule has 0 fully saturated rings. The largest absolute Gasteiger partial charge is 0.495 e. The minimum atomic E-state index is -0.370. The molecule has 1 aromatic carbocycles. The van der Waals surface area contributed by atoms with E-state index in [1.165, 1.54) is 17.8 Å². The molecule has 1 aromatic heterocycles. The van der Waals surface area contributed by atoms with Crippen molar-refractivity contribution in [2.75, 3.05) is 12.4 Å². The van der Waals surface area contributed by atoms with Gasteiger partial charge in [-0.25, -0.2) is 4.98 Å². The van der Waals surface area contributed by atoms with E-state index in [-0.39, 0.29) is 16.7 Å². The lowest BCUT2D eigenvalue weighted by Crippen LogP contribution is -2.25. The van der Waals surface area contributed by atoms with Crippen molar-refractivity contribution >= 4 is 23.4 Å². The summed E-state index contributed by atoms with van der Waals surface area (Å²) in [7, 11) is 1.56. The molecule has 0 radical (unpaired) electrons. The van der Waals surface area contributed by atoms with Crippen LogP contribution >= 0.6 is 11.8 Å². The molecule has 0 saturated carbocycles. The molecule has 0 saturated heterocycles. The van der Waals surface area contributed by atoms with Crippen molar-refractivity contribution < 1.29 is 9.53 Å².